The van der Waals surface area contributed by atoms with E-state index in [0.29, 0.717) is 23.2 Å². The number of hydrogen-bond acceptors (Lipinski definition) is 2. The Labute approximate surface area is 127 Å². The predicted octanol–water partition coefficient (Wildman–Crippen LogP) is 3.64. The second-order valence-corrected chi connectivity index (χ2v) is 5.77. The molecule has 1 aromatic rings. The van der Waals surface area contributed by atoms with Crippen molar-refractivity contribution in [3.8, 4) is 5.75 Å². The Morgan fingerprint density at radius 3 is 2.84 bits per heavy atom. The summed E-state index contributed by atoms with van der Waals surface area (Å²) in [5.41, 5.74) is 0. The van der Waals surface area contributed by atoms with Crippen LogP contribution in [-0.4, -0.2) is 23.9 Å². The highest BCUT2D eigenvalue weighted by Gasteiger charge is 2.15. The van der Waals surface area contributed by atoms with Crippen LogP contribution in [0.2, 0.25) is 5.02 Å². The molecular weight excluding hydrogens is 330 g/mol. The summed E-state index contributed by atoms with van der Waals surface area (Å²) in [4.78, 5) is 11.9. The van der Waals surface area contributed by atoms with Gasteiger partial charge in [0.05, 0.1) is 0 Å². The van der Waals surface area contributed by atoms with Gasteiger partial charge in [-0.2, -0.15) is 0 Å². The van der Waals surface area contributed by atoms with Gasteiger partial charge < -0.3 is 10.1 Å². The number of rotatable bonds is 7. The number of nitrogens with one attached hydrogen (secondary N) is 1. The Kier molecular flexibility index (Phi) is 7.24. The third-order valence-corrected chi connectivity index (χ3v) is 3.40. The van der Waals surface area contributed by atoms with E-state index in [-0.39, 0.29) is 5.91 Å². The zero-order chi connectivity index (χ0) is 14.3. The summed E-state index contributed by atoms with van der Waals surface area (Å²) >= 11 is 9.25. The number of carbonyl (C=O) groups is 1. The van der Waals surface area contributed by atoms with Crippen molar-refractivity contribution in [2.45, 2.75) is 26.4 Å². The van der Waals surface area contributed by atoms with Crippen LogP contribution in [0.15, 0.2) is 24.3 Å². The SMILES string of the molecule is CC(CCBr)CNC(=O)C(C)Oc1cccc(Cl)c1. The Balaban J connectivity index is 2.40. The summed E-state index contributed by atoms with van der Waals surface area (Å²) < 4.78 is 5.54. The molecule has 2 atom stereocenters. The van der Waals surface area contributed by atoms with E-state index >= 15 is 0 Å². The Morgan fingerprint density at radius 1 is 1.47 bits per heavy atom. The molecule has 1 N–H and O–H groups in total. The van der Waals surface area contributed by atoms with Crippen molar-refractivity contribution >= 4 is 33.4 Å². The highest BCUT2D eigenvalue weighted by atomic mass is 79.9. The van der Waals surface area contributed by atoms with Gasteiger partial charge in [-0.1, -0.05) is 40.5 Å². The van der Waals surface area contributed by atoms with Gasteiger partial charge in [0.15, 0.2) is 6.10 Å². The molecule has 0 fully saturated rings. The van der Waals surface area contributed by atoms with Gasteiger partial charge in [0, 0.05) is 16.9 Å². The van der Waals surface area contributed by atoms with Gasteiger partial charge in [0.2, 0.25) is 0 Å². The molecule has 19 heavy (non-hydrogen) atoms. The minimum absolute atomic E-state index is 0.110. The van der Waals surface area contributed by atoms with Crippen molar-refractivity contribution in [3.05, 3.63) is 29.3 Å². The van der Waals surface area contributed by atoms with Gasteiger partial charge in [-0.15, -0.1) is 0 Å². The largest absolute Gasteiger partial charge is 0.481 e. The number of benzene rings is 1. The molecule has 0 aromatic heterocycles. The molecule has 0 bridgehead atoms. The maximum Gasteiger partial charge on any atom is 0.260 e. The van der Waals surface area contributed by atoms with Crippen molar-refractivity contribution in [2.24, 2.45) is 5.92 Å². The van der Waals surface area contributed by atoms with Crippen LogP contribution in [0.4, 0.5) is 0 Å². The third-order valence-electron chi connectivity index (χ3n) is 2.70. The molecule has 3 nitrogen and oxygen atoms in total. The lowest BCUT2D eigenvalue weighted by Gasteiger charge is -2.16. The number of alkyl halides is 1. The second kappa shape index (κ2) is 8.43. The molecule has 106 valence electrons. The monoisotopic (exact) mass is 347 g/mol. The van der Waals surface area contributed by atoms with Crippen LogP contribution in [-0.2, 0) is 4.79 Å². The smallest absolute Gasteiger partial charge is 0.260 e. The van der Waals surface area contributed by atoms with Crippen molar-refractivity contribution in [1.82, 2.24) is 5.32 Å². The van der Waals surface area contributed by atoms with Gasteiger partial charge in [-0.05, 0) is 37.5 Å². The average molecular weight is 349 g/mol. The summed E-state index contributed by atoms with van der Waals surface area (Å²) in [5.74, 6) is 0.937. The number of hydrogen-bond donors (Lipinski definition) is 1. The maximum absolute atomic E-state index is 11.9. The molecule has 5 heteroatoms. The van der Waals surface area contributed by atoms with E-state index in [2.05, 4.69) is 28.2 Å². The first-order valence-electron chi connectivity index (χ1n) is 6.28. The van der Waals surface area contributed by atoms with Crippen molar-refractivity contribution < 1.29 is 9.53 Å². The quantitative estimate of drug-likeness (QED) is 0.764. The molecule has 2 unspecified atom stereocenters. The van der Waals surface area contributed by atoms with Crippen molar-refractivity contribution in [1.29, 1.82) is 0 Å². The molecule has 0 radical (unpaired) electrons. The fraction of sp³-hybridized carbons (Fsp3) is 0.500. The van der Waals surface area contributed by atoms with Crippen molar-refractivity contribution in [2.75, 3.05) is 11.9 Å². The standard InChI is InChI=1S/C14H19BrClNO2/c1-10(6-7-15)9-17-14(18)11(2)19-13-5-3-4-12(16)8-13/h3-5,8,10-11H,6-7,9H2,1-2H3,(H,17,18). The van der Waals surface area contributed by atoms with Crippen LogP contribution < -0.4 is 10.1 Å². The van der Waals surface area contributed by atoms with Gasteiger partial charge in [-0.25, -0.2) is 0 Å². The molecular formula is C14H19BrClNO2. The van der Waals surface area contributed by atoms with Crippen LogP contribution in [0.25, 0.3) is 0 Å². The van der Waals surface area contributed by atoms with E-state index in [4.69, 9.17) is 16.3 Å². The highest BCUT2D eigenvalue weighted by molar-refractivity contribution is 9.09. The molecule has 0 aliphatic carbocycles. The van der Waals surface area contributed by atoms with Gasteiger partial charge in [0.25, 0.3) is 5.91 Å². The predicted molar refractivity (Wildman–Crippen MR) is 82.1 cm³/mol. The molecule has 0 aliphatic heterocycles. The van der Waals surface area contributed by atoms with E-state index in [0.717, 1.165) is 11.8 Å². The minimum atomic E-state index is -0.533. The van der Waals surface area contributed by atoms with E-state index in [9.17, 15) is 4.79 Å². The molecule has 1 rings (SSSR count). The minimum Gasteiger partial charge on any atom is -0.481 e. The van der Waals surface area contributed by atoms with Crippen LogP contribution in [0.3, 0.4) is 0 Å². The second-order valence-electron chi connectivity index (χ2n) is 4.55. The summed E-state index contributed by atoms with van der Waals surface area (Å²) in [6, 6.07) is 7.03. The van der Waals surface area contributed by atoms with Gasteiger partial charge in [0.1, 0.15) is 5.75 Å². The maximum atomic E-state index is 11.9. The number of halogens is 2. The molecule has 1 amide bonds. The highest BCUT2D eigenvalue weighted by Crippen LogP contribution is 2.18. The summed E-state index contributed by atoms with van der Waals surface area (Å²) in [6.45, 7) is 4.49. The lowest BCUT2D eigenvalue weighted by molar-refractivity contribution is -0.127. The Hall–Kier alpha value is -0.740. The first-order valence-corrected chi connectivity index (χ1v) is 7.78. The topological polar surface area (TPSA) is 38.3 Å². The summed E-state index contributed by atoms with van der Waals surface area (Å²) in [6.07, 6.45) is 0.499. The number of carbonyl (C=O) groups excluding carboxylic acids is 1. The van der Waals surface area contributed by atoms with E-state index in [1.165, 1.54) is 0 Å². The van der Waals surface area contributed by atoms with E-state index in [1.54, 1.807) is 31.2 Å². The Bertz CT molecular complexity index is 414. The molecule has 0 saturated carbocycles. The zero-order valence-corrected chi connectivity index (χ0v) is 13.5. The van der Waals surface area contributed by atoms with Gasteiger partial charge in [-0.3, -0.25) is 4.79 Å². The molecule has 1 aromatic carbocycles. The average Bonchev–Trinajstić information content (AvgIpc) is 2.36. The van der Waals surface area contributed by atoms with Crippen LogP contribution in [0, 0.1) is 5.92 Å². The lowest BCUT2D eigenvalue weighted by Crippen LogP contribution is -2.38. The van der Waals surface area contributed by atoms with E-state index in [1.807, 2.05) is 0 Å². The van der Waals surface area contributed by atoms with Crippen LogP contribution in [0.5, 0.6) is 5.75 Å². The first-order chi connectivity index (χ1) is 9.02. The molecule has 0 heterocycles. The molecule has 0 aliphatic rings. The molecule has 0 spiro atoms. The fourth-order valence-electron chi connectivity index (χ4n) is 1.50. The van der Waals surface area contributed by atoms with Crippen LogP contribution in [0.1, 0.15) is 20.3 Å². The van der Waals surface area contributed by atoms with E-state index < -0.39 is 6.10 Å². The Morgan fingerprint density at radius 2 is 2.21 bits per heavy atom. The fourth-order valence-corrected chi connectivity index (χ4v) is 2.47. The first kappa shape index (κ1) is 16.3. The third kappa shape index (κ3) is 6.30. The zero-order valence-electron chi connectivity index (χ0n) is 11.2. The van der Waals surface area contributed by atoms with Crippen molar-refractivity contribution in [3.63, 3.8) is 0 Å². The van der Waals surface area contributed by atoms with Crippen LogP contribution >= 0.6 is 27.5 Å². The number of amides is 1. The number of ether oxygens (including phenoxy) is 1. The molecule has 0 saturated heterocycles. The normalized spacial score (nSPS) is 13.7. The summed E-state index contributed by atoms with van der Waals surface area (Å²) in [5, 5.41) is 4.42. The summed E-state index contributed by atoms with van der Waals surface area (Å²) in [7, 11) is 0. The van der Waals surface area contributed by atoms with Gasteiger partial charge >= 0.3 is 0 Å². The lowest BCUT2D eigenvalue weighted by atomic mass is 10.1.